The van der Waals surface area contributed by atoms with Gasteiger partial charge in [0.25, 0.3) is 0 Å². The fourth-order valence-corrected chi connectivity index (χ4v) is 2.19. The van der Waals surface area contributed by atoms with E-state index in [-0.39, 0.29) is 5.78 Å². The molecule has 2 aromatic rings. The predicted molar refractivity (Wildman–Crippen MR) is 80.0 cm³/mol. The number of hydrogen-bond acceptors (Lipinski definition) is 1. The highest BCUT2D eigenvalue weighted by atomic mass is 35.5. The third-order valence-electron chi connectivity index (χ3n) is 3.44. The molecular weight excluding hydrogens is 256 g/mol. The first-order valence-electron chi connectivity index (χ1n) is 6.52. The lowest BCUT2D eigenvalue weighted by Gasteiger charge is -2.09. The van der Waals surface area contributed by atoms with Crippen molar-refractivity contribution >= 4 is 17.4 Å². The van der Waals surface area contributed by atoms with Crippen LogP contribution in [0.3, 0.4) is 0 Å². The highest BCUT2D eigenvalue weighted by Gasteiger charge is 2.10. The van der Waals surface area contributed by atoms with Crippen molar-refractivity contribution < 1.29 is 4.79 Å². The van der Waals surface area contributed by atoms with Crippen LogP contribution in [0.25, 0.3) is 0 Å². The van der Waals surface area contributed by atoms with E-state index in [0.29, 0.717) is 22.1 Å². The van der Waals surface area contributed by atoms with Crippen molar-refractivity contribution in [2.45, 2.75) is 26.2 Å². The summed E-state index contributed by atoms with van der Waals surface area (Å²) in [7, 11) is 0. The topological polar surface area (TPSA) is 17.1 Å². The van der Waals surface area contributed by atoms with Crippen LogP contribution in [-0.4, -0.2) is 5.78 Å². The Bertz CT molecular complexity index is 572. The van der Waals surface area contributed by atoms with E-state index in [1.165, 1.54) is 5.56 Å². The average molecular weight is 273 g/mol. The predicted octanol–water partition coefficient (Wildman–Crippen LogP) is 5.08. The standard InChI is InChI=1S/C17H17ClO/c1-3-12(2)13-7-9-14(10-8-13)17(19)15-5-4-6-16(18)11-15/h4-12H,3H2,1-2H3. The first kappa shape index (κ1) is 13.8. The minimum absolute atomic E-state index is 0.0122. The molecule has 1 unspecified atom stereocenters. The van der Waals surface area contributed by atoms with Crippen LogP contribution in [0, 0.1) is 0 Å². The average Bonchev–Trinajstić information content (AvgIpc) is 2.46. The van der Waals surface area contributed by atoms with Gasteiger partial charge in [0.15, 0.2) is 5.78 Å². The third kappa shape index (κ3) is 3.24. The molecule has 2 aromatic carbocycles. The first-order valence-corrected chi connectivity index (χ1v) is 6.90. The zero-order valence-electron chi connectivity index (χ0n) is 11.2. The van der Waals surface area contributed by atoms with Crippen molar-refractivity contribution in [1.82, 2.24) is 0 Å². The maximum atomic E-state index is 12.3. The van der Waals surface area contributed by atoms with Crippen molar-refractivity contribution in [2.24, 2.45) is 0 Å². The second-order valence-corrected chi connectivity index (χ2v) is 5.21. The Morgan fingerprint density at radius 1 is 1.11 bits per heavy atom. The van der Waals surface area contributed by atoms with E-state index in [9.17, 15) is 4.79 Å². The molecule has 2 heteroatoms. The minimum Gasteiger partial charge on any atom is -0.289 e. The van der Waals surface area contributed by atoms with Crippen molar-refractivity contribution in [1.29, 1.82) is 0 Å². The Kier molecular flexibility index (Phi) is 4.39. The summed E-state index contributed by atoms with van der Waals surface area (Å²) in [6.45, 7) is 4.35. The Labute approximate surface area is 119 Å². The summed E-state index contributed by atoms with van der Waals surface area (Å²) in [5.41, 5.74) is 2.60. The van der Waals surface area contributed by atoms with Crippen LogP contribution in [0.4, 0.5) is 0 Å². The lowest BCUT2D eigenvalue weighted by atomic mass is 9.95. The van der Waals surface area contributed by atoms with Gasteiger partial charge in [-0.2, -0.15) is 0 Å². The largest absolute Gasteiger partial charge is 0.289 e. The zero-order chi connectivity index (χ0) is 13.8. The molecule has 0 aliphatic rings. The van der Waals surface area contributed by atoms with E-state index in [4.69, 9.17) is 11.6 Å². The van der Waals surface area contributed by atoms with Gasteiger partial charge < -0.3 is 0 Å². The number of hydrogen-bond donors (Lipinski definition) is 0. The Morgan fingerprint density at radius 3 is 2.37 bits per heavy atom. The van der Waals surface area contributed by atoms with E-state index >= 15 is 0 Å². The Hall–Kier alpha value is -1.60. The van der Waals surface area contributed by atoms with Crippen LogP contribution in [0.1, 0.15) is 47.7 Å². The molecule has 0 fully saturated rings. The highest BCUT2D eigenvalue weighted by Crippen LogP contribution is 2.20. The summed E-state index contributed by atoms with van der Waals surface area (Å²) in [6, 6.07) is 14.9. The van der Waals surface area contributed by atoms with Crippen molar-refractivity contribution in [3.8, 4) is 0 Å². The quantitative estimate of drug-likeness (QED) is 0.709. The SMILES string of the molecule is CCC(C)c1ccc(C(=O)c2cccc(Cl)c2)cc1. The summed E-state index contributed by atoms with van der Waals surface area (Å²) in [5.74, 6) is 0.536. The number of carbonyl (C=O) groups excluding carboxylic acids is 1. The van der Waals surface area contributed by atoms with Gasteiger partial charge >= 0.3 is 0 Å². The van der Waals surface area contributed by atoms with Crippen molar-refractivity contribution in [3.63, 3.8) is 0 Å². The second kappa shape index (κ2) is 6.03. The van der Waals surface area contributed by atoms with Gasteiger partial charge in [-0.15, -0.1) is 0 Å². The van der Waals surface area contributed by atoms with Crippen LogP contribution >= 0.6 is 11.6 Å². The minimum atomic E-state index is 0.0122. The molecule has 0 spiro atoms. The van der Waals surface area contributed by atoms with Crippen molar-refractivity contribution in [2.75, 3.05) is 0 Å². The lowest BCUT2D eigenvalue weighted by molar-refractivity contribution is 0.103. The molecule has 0 N–H and O–H groups in total. The molecule has 0 aromatic heterocycles. The van der Waals surface area contributed by atoms with Crippen LogP contribution < -0.4 is 0 Å². The van der Waals surface area contributed by atoms with E-state index in [1.54, 1.807) is 24.3 Å². The maximum absolute atomic E-state index is 12.3. The van der Waals surface area contributed by atoms with E-state index in [1.807, 2.05) is 24.3 Å². The molecule has 0 radical (unpaired) electrons. The molecule has 0 heterocycles. The molecule has 19 heavy (non-hydrogen) atoms. The zero-order valence-corrected chi connectivity index (χ0v) is 11.9. The van der Waals surface area contributed by atoms with Crippen LogP contribution in [0.5, 0.6) is 0 Å². The maximum Gasteiger partial charge on any atom is 0.193 e. The van der Waals surface area contributed by atoms with Gasteiger partial charge in [0.1, 0.15) is 0 Å². The summed E-state index contributed by atoms with van der Waals surface area (Å²) in [4.78, 5) is 12.3. The van der Waals surface area contributed by atoms with Gasteiger partial charge in [0, 0.05) is 16.1 Å². The molecule has 0 bridgehead atoms. The van der Waals surface area contributed by atoms with Crippen LogP contribution in [0.15, 0.2) is 48.5 Å². The van der Waals surface area contributed by atoms with Crippen LogP contribution in [-0.2, 0) is 0 Å². The summed E-state index contributed by atoms with van der Waals surface area (Å²) >= 11 is 5.91. The molecule has 0 aliphatic heterocycles. The normalized spacial score (nSPS) is 12.2. The van der Waals surface area contributed by atoms with Crippen LogP contribution in [0.2, 0.25) is 5.02 Å². The number of ketones is 1. The van der Waals surface area contributed by atoms with Gasteiger partial charge in [-0.05, 0) is 30.0 Å². The number of benzene rings is 2. The van der Waals surface area contributed by atoms with Gasteiger partial charge in [-0.25, -0.2) is 0 Å². The van der Waals surface area contributed by atoms with E-state index in [0.717, 1.165) is 6.42 Å². The number of carbonyl (C=O) groups is 1. The first-order chi connectivity index (χ1) is 9.11. The molecule has 0 aliphatic carbocycles. The molecular formula is C17H17ClO. The molecule has 0 amide bonds. The highest BCUT2D eigenvalue weighted by molar-refractivity contribution is 6.31. The molecule has 0 saturated carbocycles. The molecule has 2 rings (SSSR count). The smallest absolute Gasteiger partial charge is 0.193 e. The van der Waals surface area contributed by atoms with E-state index < -0.39 is 0 Å². The molecule has 1 nitrogen and oxygen atoms in total. The lowest BCUT2D eigenvalue weighted by Crippen LogP contribution is -2.01. The summed E-state index contributed by atoms with van der Waals surface area (Å²) in [5, 5.41) is 0.585. The van der Waals surface area contributed by atoms with Gasteiger partial charge in [-0.3, -0.25) is 4.79 Å². The van der Waals surface area contributed by atoms with Gasteiger partial charge in [-0.1, -0.05) is 61.8 Å². The third-order valence-corrected chi connectivity index (χ3v) is 3.68. The fourth-order valence-electron chi connectivity index (χ4n) is 2.00. The Morgan fingerprint density at radius 2 is 1.79 bits per heavy atom. The summed E-state index contributed by atoms with van der Waals surface area (Å²) in [6.07, 6.45) is 1.10. The van der Waals surface area contributed by atoms with E-state index in [2.05, 4.69) is 13.8 Å². The second-order valence-electron chi connectivity index (χ2n) is 4.77. The fraction of sp³-hybridized carbons (Fsp3) is 0.235. The van der Waals surface area contributed by atoms with Gasteiger partial charge in [0.2, 0.25) is 0 Å². The monoisotopic (exact) mass is 272 g/mol. The molecule has 1 atom stereocenters. The van der Waals surface area contributed by atoms with Gasteiger partial charge in [0.05, 0.1) is 0 Å². The molecule has 0 saturated heterocycles. The number of halogens is 1. The molecule has 98 valence electrons. The Balaban J connectivity index is 2.25. The van der Waals surface area contributed by atoms with Crippen molar-refractivity contribution in [3.05, 3.63) is 70.2 Å². The summed E-state index contributed by atoms with van der Waals surface area (Å²) < 4.78 is 0. The number of rotatable bonds is 4.